The number of fused-ring (bicyclic) bond motifs is 1. The van der Waals surface area contributed by atoms with Gasteiger partial charge in [0.2, 0.25) is 5.91 Å². The van der Waals surface area contributed by atoms with E-state index in [4.69, 9.17) is 0 Å². The summed E-state index contributed by atoms with van der Waals surface area (Å²) >= 11 is 1.57. The fourth-order valence-electron chi connectivity index (χ4n) is 3.81. The van der Waals surface area contributed by atoms with Crippen LogP contribution < -0.4 is 5.32 Å². The van der Waals surface area contributed by atoms with E-state index in [0.717, 1.165) is 33.6 Å². The molecular weight excluding hydrogens is 346 g/mol. The highest BCUT2D eigenvalue weighted by Crippen LogP contribution is 2.31. The summed E-state index contributed by atoms with van der Waals surface area (Å²) in [7, 11) is 0. The van der Waals surface area contributed by atoms with Crippen LogP contribution in [0, 0.1) is 18.8 Å². The molecule has 2 amide bonds. The third-order valence-electron chi connectivity index (χ3n) is 5.83. The standard InChI is InChI=1S/C20H25N3O2S/c1-13(15-11-21-12-15)19(24)22-7-9-23(10-8-22)20(25)18-14(2)16-5-3-4-6-17(16)26-18/h3-6,13,15,21H,7-12H2,1-2H3. The van der Waals surface area contributed by atoms with E-state index in [-0.39, 0.29) is 17.7 Å². The zero-order valence-electron chi connectivity index (χ0n) is 15.3. The Morgan fingerprint density at radius 1 is 1.12 bits per heavy atom. The van der Waals surface area contributed by atoms with Gasteiger partial charge in [-0.3, -0.25) is 9.59 Å². The lowest BCUT2D eigenvalue weighted by molar-refractivity contribution is -0.138. The molecule has 2 fully saturated rings. The van der Waals surface area contributed by atoms with Gasteiger partial charge in [0, 0.05) is 36.8 Å². The first-order valence-electron chi connectivity index (χ1n) is 9.33. The predicted octanol–water partition coefficient (Wildman–Crippen LogP) is 2.35. The first-order chi connectivity index (χ1) is 12.6. The number of nitrogens with one attached hydrogen (secondary N) is 1. The van der Waals surface area contributed by atoms with Crippen molar-refractivity contribution >= 4 is 33.2 Å². The Morgan fingerprint density at radius 2 is 1.77 bits per heavy atom. The highest BCUT2D eigenvalue weighted by Gasteiger charge is 2.34. The van der Waals surface area contributed by atoms with Crippen molar-refractivity contribution in [2.24, 2.45) is 11.8 Å². The topological polar surface area (TPSA) is 52.7 Å². The number of piperazine rings is 1. The number of carbonyl (C=O) groups excluding carboxylic acids is 2. The minimum absolute atomic E-state index is 0.0725. The maximum Gasteiger partial charge on any atom is 0.264 e. The van der Waals surface area contributed by atoms with Crippen LogP contribution in [0.25, 0.3) is 10.1 Å². The number of thiophene rings is 1. The molecule has 0 aliphatic carbocycles. The summed E-state index contributed by atoms with van der Waals surface area (Å²) < 4.78 is 1.16. The predicted molar refractivity (Wildman–Crippen MR) is 105 cm³/mol. The smallest absolute Gasteiger partial charge is 0.264 e. The van der Waals surface area contributed by atoms with Crippen LogP contribution in [0.5, 0.6) is 0 Å². The van der Waals surface area contributed by atoms with E-state index in [1.54, 1.807) is 11.3 Å². The van der Waals surface area contributed by atoms with Crippen LogP contribution in [0.1, 0.15) is 22.2 Å². The van der Waals surface area contributed by atoms with Gasteiger partial charge in [0.1, 0.15) is 0 Å². The van der Waals surface area contributed by atoms with E-state index in [2.05, 4.69) is 17.4 Å². The molecule has 0 bridgehead atoms. The van der Waals surface area contributed by atoms with Crippen molar-refractivity contribution in [2.45, 2.75) is 13.8 Å². The Labute approximate surface area is 158 Å². The summed E-state index contributed by atoms with van der Waals surface area (Å²) in [5.41, 5.74) is 1.07. The SMILES string of the molecule is Cc1c(C(=O)N2CCN(C(=O)C(C)C3CNC3)CC2)sc2ccccc12. The number of rotatable bonds is 3. The molecule has 1 N–H and O–H groups in total. The van der Waals surface area contributed by atoms with Gasteiger partial charge in [-0.25, -0.2) is 0 Å². The highest BCUT2D eigenvalue weighted by atomic mass is 32.1. The van der Waals surface area contributed by atoms with Crippen molar-refractivity contribution in [3.63, 3.8) is 0 Å². The summed E-state index contributed by atoms with van der Waals surface area (Å²) in [6.07, 6.45) is 0. The second-order valence-corrected chi connectivity index (χ2v) is 8.43. The van der Waals surface area contributed by atoms with Gasteiger partial charge in [-0.05, 0) is 42.9 Å². The van der Waals surface area contributed by atoms with Crippen molar-refractivity contribution in [2.75, 3.05) is 39.3 Å². The Morgan fingerprint density at radius 3 is 2.38 bits per heavy atom. The molecule has 1 atom stereocenters. The lowest BCUT2D eigenvalue weighted by atomic mass is 9.88. The van der Waals surface area contributed by atoms with E-state index < -0.39 is 0 Å². The van der Waals surface area contributed by atoms with Gasteiger partial charge in [0.25, 0.3) is 5.91 Å². The van der Waals surface area contributed by atoms with Crippen molar-refractivity contribution in [1.29, 1.82) is 0 Å². The Balaban J connectivity index is 1.41. The monoisotopic (exact) mass is 371 g/mol. The normalized spacial score (nSPS) is 19.5. The second-order valence-electron chi connectivity index (χ2n) is 7.38. The second kappa shape index (κ2) is 7.00. The summed E-state index contributed by atoms with van der Waals surface area (Å²) in [6.45, 7) is 8.46. The summed E-state index contributed by atoms with van der Waals surface area (Å²) in [6, 6.07) is 8.16. The van der Waals surface area contributed by atoms with Crippen molar-refractivity contribution < 1.29 is 9.59 Å². The van der Waals surface area contributed by atoms with Gasteiger partial charge >= 0.3 is 0 Å². The zero-order chi connectivity index (χ0) is 18.3. The molecule has 3 heterocycles. The molecule has 1 aromatic heterocycles. The summed E-state index contributed by atoms with van der Waals surface area (Å²) in [5.74, 6) is 0.875. The quantitative estimate of drug-likeness (QED) is 0.901. The maximum absolute atomic E-state index is 13.0. The Bertz CT molecular complexity index is 835. The minimum atomic E-state index is 0.0725. The number of aryl methyl sites for hydroxylation is 1. The number of benzene rings is 1. The molecular formula is C20H25N3O2S. The van der Waals surface area contributed by atoms with Crippen LogP contribution in [0.2, 0.25) is 0 Å². The summed E-state index contributed by atoms with van der Waals surface area (Å²) in [5, 5.41) is 4.40. The van der Waals surface area contributed by atoms with Crippen LogP contribution in [-0.4, -0.2) is 60.9 Å². The van der Waals surface area contributed by atoms with E-state index in [0.29, 0.717) is 32.1 Å². The highest BCUT2D eigenvalue weighted by molar-refractivity contribution is 7.21. The first kappa shape index (κ1) is 17.5. The van der Waals surface area contributed by atoms with E-state index in [1.807, 2.05) is 35.8 Å². The van der Waals surface area contributed by atoms with Gasteiger partial charge < -0.3 is 15.1 Å². The lowest BCUT2D eigenvalue weighted by Crippen LogP contribution is -2.55. The molecule has 1 unspecified atom stereocenters. The Kier molecular flexibility index (Phi) is 4.71. The van der Waals surface area contributed by atoms with Crippen LogP contribution >= 0.6 is 11.3 Å². The molecule has 0 saturated carbocycles. The number of carbonyl (C=O) groups is 2. The fourth-order valence-corrected chi connectivity index (χ4v) is 4.98. The van der Waals surface area contributed by atoms with Gasteiger partial charge in [-0.15, -0.1) is 11.3 Å². The van der Waals surface area contributed by atoms with Gasteiger partial charge in [0.05, 0.1) is 4.88 Å². The van der Waals surface area contributed by atoms with Crippen molar-refractivity contribution in [1.82, 2.24) is 15.1 Å². The van der Waals surface area contributed by atoms with Crippen LogP contribution in [-0.2, 0) is 4.79 Å². The molecule has 5 nitrogen and oxygen atoms in total. The molecule has 138 valence electrons. The number of nitrogens with zero attached hydrogens (tertiary/aromatic N) is 2. The first-order valence-corrected chi connectivity index (χ1v) is 10.1. The van der Waals surface area contributed by atoms with Gasteiger partial charge in [-0.1, -0.05) is 25.1 Å². The maximum atomic E-state index is 13.0. The number of hydrogen-bond donors (Lipinski definition) is 1. The molecule has 4 rings (SSSR count). The third kappa shape index (κ3) is 3.01. The molecule has 2 aliphatic rings. The van der Waals surface area contributed by atoms with E-state index in [1.165, 1.54) is 0 Å². The molecule has 0 radical (unpaired) electrons. The van der Waals surface area contributed by atoms with Crippen molar-refractivity contribution in [3.05, 3.63) is 34.7 Å². The molecule has 2 aliphatic heterocycles. The average molecular weight is 372 g/mol. The average Bonchev–Trinajstić information content (AvgIpc) is 2.96. The van der Waals surface area contributed by atoms with Crippen LogP contribution in [0.15, 0.2) is 24.3 Å². The van der Waals surface area contributed by atoms with Crippen molar-refractivity contribution in [3.8, 4) is 0 Å². The van der Waals surface area contributed by atoms with E-state index >= 15 is 0 Å². The van der Waals surface area contributed by atoms with Gasteiger partial charge in [-0.2, -0.15) is 0 Å². The van der Waals surface area contributed by atoms with E-state index in [9.17, 15) is 9.59 Å². The fraction of sp³-hybridized carbons (Fsp3) is 0.500. The third-order valence-corrected chi connectivity index (χ3v) is 7.09. The largest absolute Gasteiger partial charge is 0.339 e. The lowest BCUT2D eigenvalue weighted by Gasteiger charge is -2.39. The molecule has 2 aromatic rings. The summed E-state index contributed by atoms with van der Waals surface area (Å²) in [4.78, 5) is 30.3. The molecule has 1 aromatic carbocycles. The number of amides is 2. The zero-order valence-corrected chi connectivity index (χ0v) is 16.1. The molecule has 6 heteroatoms. The Hall–Kier alpha value is -1.92. The molecule has 0 spiro atoms. The molecule has 26 heavy (non-hydrogen) atoms. The minimum Gasteiger partial charge on any atom is -0.339 e. The molecule has 2 saturated heterocycles. The van der Waals surface area contributed by atoms with Crippen LogP contribution in [0.3, 0.4) is 0 Å². The van der Waals surface area contributed by atoms with Gasteiger partial charge in [0.15, 0.2) is 0 Å². The number of hydrogen-bond acceptors (Lipinski definition) is 4. The van der Waals surface area contributed by atoms with Crippen LogP contribution in [0.4, 0.5) is 0 Å².